The van der Waals surface area contributed by atoms with Crippen LogP contribution in [-0.4, -0.2) is 40.9 Å². The van der Waals surface area contributed by atoms with Crippen molar-refractivity contribution >= 4 is 32.7 Å². The molecule has 8 nitrogen and oxygen atoms in total. The summed E-state index contributed by atoms with van der Waals surface area (Å²) >= 11 is 0. The highest BCUT2D eigenvalue weighted by Crippen LogP contribution is 2.19. The molecule has 29 heavy (non-hydrogen) atoms. The fourth-order valence-electron chi connectivity index (χ4n) is 3.01. The van der Waals surface area contributed by atoms with Gasteiger partial charge < -0.3 is 5.32 Å². The maximum atomic E-state index is 12.5. The van der Waals surface area contributed by atoms with E-state index in [-0.39, 0.29) is 29.1 Å². The van der Waals surface area contributed by atoms with Gasteiger partial charge in [0.15, 0.2) is 0 Å². The van der Waals surface area contributed by atoms with Gasteiger partial charge in [0.25, 0.3) is 0 Å². The molecule has 1 aromatic heterocycles. The van der Waals surface area contributed by atoms with Crippen LogP contribution in [0, 0.1) is 0 Å². The van der Waals surface area contributed by atoms with Gasteiger partial charge in [-0.25, -0.2) is 13.2 Å². The first-order chi connectivity index (χ1) is 13.6. The summed E-state index contributed by atoms with van der Waals surface area (Å²) in [6.07, 6.45) is 0. The second-order valence-electron chi connectivity index (χ2n) is 7.10. The van der Waals surface area contributed by atoms with Crippen LogP contribution in [0.4, 0.5) is 5.69 Å². The van der Waals surface area contributed by atoms with Crippen molar-refractivity contribution in [2.24, 2.45) is 7.05 Å². The van der Waals surface area contributed by atoms with Gasteiger partial charge >= 0.3 is 5.69 Å². The fraction of sp³-hybridized carbons (Fsp3) is 0.300. The summed E-state index contributed by atoms with van der Waals surface area (Å²) in [7, 11) is -0.402. The Bertz CT molecular complexity index is 1210. The highest BCUT2D eigenvalue weighted by atomic mass is 32.2. The van der Waals surface area contributed by atoms with Crippen molar-refractivity contribution in [3.63, 3.8) is 0 Å². The van der Waals surface area contributed by atoms with Gasteiger partial charge in [-0.2, -0.15) is 4.31 Å². The molecule has 1 heterocycles. The average molecular weight is 417 g/mol. The number of nitrogens with one attached hydrogen (secondary N) is 1. The first kappa shape index (κ1) is 20.8. The van der Waals surface area contributed by atoms with Crippen molar-refractivity contribution in [3.05, 3.63) is 59.0 Å². The maximum absolute atomic E-state index is 12.5. The highest BCUT2D eigenvalue weighted by Gasteiger charge is 2.23. The van der Waals surface area contributed by atoms with E-state index >= 15 is 0 Å². The number of aryl methyl sites for hydroxylation is 1. The Labute approximate surface area is 169 Å². The lowest BCUT2D eigenvalue weighted by molar-refractivity contribution is -0.116. The van der Waals surface area contributed by atoms with E-state index in [0.717, 1.165) is 5.52 Å². The van der Waals surface area contributed by atoms with Crippen LogP contribution in [0.2, 0.25) is 0 Å². The lowest BCUT2D eigenvalue weighted by Crippen LogP contribution is -2.33. The normalized spacial score (nSPS) is 12.1. The van der Waals surface area contributed by atoms with Gasteiger partial charge in [-0.15, -0.1) is 0 Å². The molecule has 0 aliphatic heterocycles. The zero-order chi connectivity index (χ0) is 21.3. The maximum Gasteiger partial charge on any atom is 0.329 e. The van der Waals surface area contributed by atoms with Crippen LogP contribution < -0.4 is 11.0 Å². The summed E-state index contributed by atoms with van der Waals surface area (Å²) < 4.78 is 29.2. The molecule has 0 aliphatic carbocycles. The first-order valence-corrected chi connectivity index (χ1v) is 10.6. The number of anilines is 1. The molecule has 1 N–H and O–H groups in total. The summed E-state index contributed by atoms with van der Waals surface area (Å²) in [6.45, 7) is 3.44. The number of carbonyl (C=O) groups excluding carboxylic acids is 1. The van der Waals surface area contributed by atoms with E-state index in [4.69, 9.17) is 0 Å². The number of imidazole rings is 1. The van der Waals surface area contributed by atoms with Crippen LogP contribution >= 0.6 is 0 Å². The number of fused-ring (bicyclic) bond motifs is 1. The molecule has 0 unspecified atom stereocenters. The topological polar surface area (TPSA) is 93.4 Å². The van der Waals surface area contributed by atoms with Gasteiger partial charge in [-0.3, -0.25) is 13.9 Å². The second-order valence-corrected chi connectivity index (χ2v) is 9.10. The lowest BCUT2D eigenvalue weighted by atomic mass is 10.3. The predicted octanol–water partition coefficient (Wildman–Crippen LogP) is 2.01. The van der Waals surface area contributed by atoms with Crippen LogP contribution in [0.3, 0.4) is 0 Å². The highest BCUT2D eigenvalue weighted by molar-refractivity contribution is 7.89. The van der Waals surface area contributed by atoms with Gasteiger partial charge in [0, 0.05) is 25.8 Å². The summed E-state index contributed by atoms with van der Waals surface area (Å²) in [5.74, 6) is -0.377. The number of carbonyl (C=O) groups is 1. The summed E-state index contributed by atoms with van der Waals surface area (Å²) in [4.78, 5) is 25.0. The minimum absolute atomic E-state index is 0.143. The Hall–Kier alpha value is -2.91. The zero-order valence-corrected chi connectivity index (χ0v) is 17.6. The summed E-state index contributed by atoms with van der Waals surface area (Å²) in [5.41, 5.74) is 1.59. The van der Waals surface area contributed by atoms with Crippen molar-refractivity contribution in [2.75, 3.05) is 12.4 Å². The quantitative estimate of drug-likeness (QED) is 0.665. The van der Waals surface area contributed by atoms with Crippen molar-refractivity contribution in [1.82, 2.24) is 13.4 Å². The predicted molar refractivity (Wildman–Crippen MR) is 112 cm³/mol. The molecule has 0 saturated heterocycles. The van der Waals surface area contributed by atoms with E-state index < -0.39 is 10.0 Å². The molecule has 0 radical (unpaired) electrons. The molecule has 0 atom stereocenters. The second kappa shape index (κ2) is 7.84. The van der Waals surface area contributed by atoms with Gasteiger partial charge in [0.2, 0.25) is 15.9 Å². The SMILES string of the molecule is CC(C)N(C)S(=O)(=O)c1ccc(NC(=O)Cn2c(=O)n(C)c3ccccc32)cc1. The summed E-state index contributed by atoms with van der Waals surface area (Å²) in [5, 5.41) is 2.71. The molecule has 154 valence electrons. The number of hydrogen-bond acceptors (Lipinski definition) is 4. The smallest absolute Gasteiger partial charge is 0.325 e. The standard InChI is InChI=1S/C20H24N4O4S/c1-14(2)23(4)29(27,28)16-11-9-15(10-12-16)21-19(25)13-24-18-8-6-5-7-17(18)22(3)20(24)26/h5-12,14H,13H2,1-4H3,(H,21,25). The molecular formula is C20H24N4O4S. The molecule has 2 aromatic carbocycles. The van der Waals surface area contributed by atoms with Crippen molar-refractivity contribution in [1.29, 1.82) is 0 Å². The Morgan fingerprint density at radius 3 is 2.24 bits per heavy atom. The monoisotopic (exact) mass is 416 g/mol. The van der Waals surface area contributed by atoms with Gasteiger partial charge in [-0.05, 0) is 50.2 Å². The van der Waals surface area contributed by atoms with E-state index in [9.17, 15) is 18.0 Å². The number of rotatable bonds is 6. The van der Waals surface area contributed by atoms with E-state index in [1.807, 2.05) is 18.2 Å². The largest absolute Gasteiger partial charge is 0.329 e. The Kier molecular flexibility index (Phi) is 5.63. The molecule has 0 fully saturated rings. The van der Waals surface area contributed by atoms with Crippen LogP contribution in [-0.2, 0) is 28.4 Å². The van der Waals surface area contributed by atoms with Gasteiger partial charge in [0.05, 0.1) is 15.9 Å². The van der Waals surface area contributed by atoms with Crippen LogP contribution in [0.15, 0.2) is 58.2 Å². The lowest BCUT2D eigenvalue weighted by Gasteiger charge is -2.21. The third-order valence-electron chi connectivity index (χ3n) is 4.90. The summed E-state index contributed by atoms with van der Waals surface area (Å²) in [6, 6.07) is 13.0. The number of benzene rings is 2. The molecule has 3 aromatic rings. The zero-order valence-electron chi connectivity index (χ0n) is 16.8. The van der Waals surface area contributed by atoms with Crippen LogP contribution in [0.1, 0.15) is 13.8 Å². The molecule has 0 bridgehead atoms. The first-order valence-electron chi connectivity index (χ1n) is 9.15. The van der Waals surface area contributed by atoms with E-state index in [0.29, 0.717) is 11.2 Å². The average Bonchev–Trinajstić information content (AvgIpc) is 2.93. The Balaban J connectivity index is 1.78. The molecule has 0 aliphatic rings. The number of nitrogens with zero attached hydrogens (tertiary/aromatic N) is 3. The van der Waals surface area contributed by atoms with Crippen molar-refractivity contribution < 1.29 is 13.2 Å². The molecule has 0 spiro atoms. The fourth-order valence-corrected chi connectivity index (χ4v) is 4.38. The molecule has 0 saturated carbocycles. The third kappa shape index (κ3) is 3.96. The van der Waals surface area contributed by atoms with Crippen molar-refractivity contribution in [2.45, 2.75) is 31.3 Å². The molecule has 1 amide bonds. The molecule has 9 heteroatoms. The minimum atomic E-state index is -3.59. The minimum Gasteiger partial charge on any atom is -0.325 e. The third-order valence-corrected chi connectivity index (χ3v) is 6.94. The molecular weight excluding hydrogens is 392 g/mol. The van der Waals surface area contributed by atoms with Gasteiger partial charge in [-0.1, -0.05) is 12.1 Å². The van der Waals surface area contributed by atoms with Crippen LogP contribution in [0.5, 0.6) is 0 Å². The van der Waals surface area contributed by atoms with Crippen molar-refractivity contribution in [3.8, 4) is 0 Å². The Morgan fingerprint density at radius 2 is 1.66 bits per heavy atom. The number of hydrogen-bond donors (Lipinski definition) is 1. The number of aromatic nitrogens is 2. The van der Waals surface area contributed by atoms with E-state index in [1.165, 1.54) is 44.8 Å². The van der Waals surface area contributed by atoms with E-state index in [2.05, 4.69) is 5.32 Å². The van der Waals surface area contributed by atoms with Crippen LogP contribution in [0.25, 0.3) is 11.0 Å². The number of para-hydroxylation sites is 2. The van der Waals surface area contributed by atoms with Gasteiger partial charge in [0.1, 0.15) is 6.54 Å². The number of amides is 1. The Morgan fingerprint density at radius 1 is 1.07 bits per heavy atom. The number of sulfonamides is 1. The van der Waals surface area contributed by atoms with E-state index in [1.54, 1.807) is 27.0 Å². The molecule has 3 rings (SSSR count).